The number of nitrogens with one attached hydrogen (secondary N) is 1. The van der Waals surface area contributed by atoms with Gasteiger partial charge in [-0.2, -0.15) is 0 Å². The first-order chi connectivity index (χ1) is 6.85. The van der Waals surface area contributed by atoms with Gasteiger partial charge in [0.2, 0.25) is 11.8 Å². The van der Waals surface area contributed by atoms with Gasteiger partial charge in [-0.3, -0.25) is 9.59 Å². The number of rotatable bonds is 3. The van der Waals surface area contributed by atoms with Crippen molar-refractivity contribution in [3.05, 3.63) is 0 Å². The molecule has 1 heterocycles. The summed E-state index contributed by atoms with van der Waals surface area (Å²) in [6, 6.07) is -0.417. The summed E-state index contributed by atoms with van der Waals surface area (Å²) in [4.78, 5) is 24.6. The number of carbonyl (C=O) groups is 2. The van der Waals surface area contributed by atoms with Crippen LogP contribution in [0.15, 0.2) is 0 Å². The van der Waals surface area contributed by atoms with Gasteiger partial charge in [0.25, 0.3) is 0 Å². The van der Waals surface area contributed by atoms with Gasteiger partial charge < -0.3 is 16.0 Å². The lowest BCUT2D eigenvalue weighted by Crippen LogP contribution is -2.58. The fourth-order valence-electron chi connectivity index (χ4n) is 1.59. The van der Waals surface area contributed by atoms with Gasteiger partial charge in [0.1, 0.15) is 6.04 Å². The fourth-order valence-corrected chi connectivity index (χ4v) is 1.59. The second-order valence-electron chi connectivity index (χ2n) is 4.85. The van der Waals surface area contributed by atoms with Crippen LogP contribution in [-0.4, -0.2) is 42.4 Å². The lowest BCUT2D eigenvalue weighted by Gasteiger charge is -2.36. The first-order valence-electron chi connectivity index (χ1n) is 5.14. The summed E-state index contributed by atoms with van der Waals surface area (Å²) >= 11 is 0. The molecule has 0 spiro atoms. The summed E-state index contributed by atoms with van der Waals surface area (Å²) in [6.07, 6.45) is 0. The van der Waals surface area contributed by atoms with Crippen LogP contribution >= 0.6 is 0 Å². The molecule has 86 valence electrons. The lowest BCUT2D eigenvalue weighted by atomic mass is 9.92. The Bertz CT molecular complexity index is 276. The number of nitrogens with zero attached hydrogens (tertiary/aromatic N) is 1. The molecule has 1 aliphatic heterocycles. The van der Waals surface area contributed by atoms with Crippen LogP contribution in [0.4, 0.5) is 0 Å². The van der Waals surface area contributed by atoms with Crippen molar-refractivity contribution in [2.45, 2.75) is 26.8 Å². The number of piperazine rings is 1. The summed E-state index contributed by atoms with van der Waals surface area (Å²) in [6.45, 7) is 6.83. The minimum absolute atomic E-state index is 0.0314. The maximum absolute atomic E-state index is 11.7. The summed E-state index contributed by atoms with van der Waals surface area (Å²) in [7, 11) is 0. The topological polar surface area (TPSA) is 75.4 Å². The van der Waals surface area contributed by atoms with Crippen LogP contribution in [0.1, 0.15) is 20.8 Å². The summed E-state index contributed by atoms with van der Waals surface area (Å²) < 4.78 is 0. The Labute approximate surface area is 90.0 Å². The molecule has 0 bridgehead atoms. The molecule has 0 aromatic carbocycles. The fraction of sp³-hybridized carbons (Fsp3) is 0.800. The highest BCUT2D eigenvalue weighted by molar-refractivity contribution is 5.94. The van der Waals surface area contributed by atoms with Gasteiger partial charge in [0, 0.05) is 6.54 Å². The average Bonchev–Trinajstić information content (AvgIpc) is 2.13. The number of amides is 2. The van der Waals surface area contributed by atoms with E-state index in [1.54, 1.807) is 11.8 Å². The van der Waals surface area contributed by atoms with Crippen molar-refractivity contribution in [1.29, 1.82) is 0 Å². The molecule has 5 heteroatoms. The van der Waals surface area contributed by atoms with E-state index in [0.717, 1.165) is 0 Å². The van der Waals surface area contributed by atoms with Gasteiger partial charge in [0.15, 0.2) is 0 Å². The molecule has 1 rings (SSSR count). The van der Waals surface area contributed by atoms with Crippen LogP contribution in [0.5, 0.6) is 0 Å². The van der Waals surface area contributed by atoms with Crippen LogP contribution in [0, 0.1) is 5.41 Å². The van der Waals surface area contributed by atoms with Gasteiger partial charge in [-0.25, -0.2) is 0 Å². The predicted octanol–water partition coefficient (Wildman–Crippen LogP) is -0.682. The SMILES string of the molecule is CC1NC(=O)CN(CC(C)(C)CN)C1=O. The minimum atomic E-state index is -0.417. The van der Waals surface area contributed by atoms with Gasteiger partial charge in [-0.05, 0) is 18.9 Å². The molecule has 0 aromatic rings. The third-order valence-electron chi connectivity index (χ3n) is 2.57. The highest BCUT2D eigenvalue weighted by Crippen LogP contribution is 2.16. The maximum atomic E-state index is 11.7. The zero-order valence-corrected chi connectivity index (χ0v) is 9.54. The Morgan fingerprint density at radius 3 is 2.67 bits per heavy atom. The molecule has 15 heavy (non-hydrogen) atoms. The highest BCUT2D eigenvalue weighted by atomic mass is 16.2. The Hall–Kier alpha value is -1.10. The van der Waals surface area contributed by atoms with Crippen LogP contribution in [-0.2, 0) is 9.59 Å². The second-order valence-corrected chi connectivity index (χ2v) is 4.85. The van der Waals surface area contributed by atoms with Crippen molar-refractivity contribution < 1.29 is 9.59 Å². The smallest absolute Gasteiger partial charge is 0.245 e. The maximum Gasteiger partial charge on any atom is 0.245 e. The molecular weight excluding hydrogens is 194 g/mol. The van der Waals surface area contributed by atoms with E-state index < -0.39 is 6.04 Å². The average molecular weight is 213 g/mol. The van der Waals surface area contributed by atoms with Crippen molar-refractivity contribution in [2.24, 2.45) is 11.1 Å². The quantitative estimate of drug-likeness (QED) is 0.652. The molecule has 3 N–H and O–H groups in total. The van der Waals surface area contributed by atoms with Crippen LogP contribution in [0.2, 0.25) is 0 Å². The molecule has 0 aromatic heterocycles. The first kappa shape index (κ1) is 12.0. The van der Waals surface area contributed by atoms with E-state index in [9.17, 15) is 9.59 Å². The van der Waals surface area contributed by atoms with Gasteiger partial charge in [-0.1, -0.05) is 13.8 Å². The van der Waals surface area contributed by atoms with Gasteiger partial charge >= 0.3 is 0 Å². The van der Waals surface area contributed by atoms with Gasteiger partial charge in [0.05, 0.1) is 6.54 Å². The largest absolute Gasteiger partial charge is 0.343 e. The summed E-state index contributed by atoms with van der Waals surface area (Å²) in [5.74, 6) is -0.133. The molecule has 1 atom stereocenters. The molecule has 0 aliphatic carbocycles. The molecular formula is C10H19N3O2. The van der Waals surface area contributed by atoms with Crippen molar-refractivity contribution in [1.82, 2.24) is 10.2 Å². The van der Waals surface area contributed by atoms with Gasteiger partial charge in [-0.15, -0.1) is 0 Å². The summed E-state index contributed by atoms with van der Waals surface area (Å²) in [5, 5.41) is 2.60. The first-order valence-corrected chi connectivity index (χ1v) is 5.14. The van der Waals surface area contributed by atoms with Crippen LogP contribution < -0.4 is 11.1 Å². The number of hydrogen-bond acceptors (Lipinski definition) is 3. The molecule has 0 radical (unpaired) electrons. The molecule has 1 saturated heterocycles. The van der Waals surface area contributed by atoms with Crippen molar-refractivity contribution in [2.75, 3.05) is 19.6 Å². The Kier molecular flexibility index (Phi) is 3.34. The van der Waals surface area contributed by atoms with Crippen LogP contribution in [0.3, 0.4) is 0 Å². The van der Waals surface area contributed by atoms with Crippen molar-refractivity contribution >= 4 is 11.8 Å². The Morgan fingerprint density at radius 2 is 2.13 bits per heavy atom. The number of nitrogens with two attached hydrogens (primary N) is 1. The Balaban J connectivity index is 2.68. The third kappa shape index (κ3) is 2.92. The molecule has 1 fully saturated rings. The Morgan fingerprint density at radius 1 is 1.53 bits per heavy atom. The summed E-state index contributed by atoms with van der Waals surface area (Å²) in [5.41, 5.74) is 5.45. The normalized spacial score (nSPS) is 22.9. The highest BCUT2D eigenvalue weighted by Gasteiger charge is 2.32. The molecule has 1 unspecified atom stereocenters. The van der Waals surface area contributed by atoms with E-state index in [1.165, 1.54) is 0 Å². The zero-order chi connectivity index (χ0) is 11.6. The number of carbonyl (C=O) groups excluding carboxylic acids is 2. The molecule has 0 saturated carbocycles. The van der Waals surface area contributed by atoms with Crippen molar-refractivity contribution in [3.8, 4) is 0 Å². The zero-order valence-electron chi connectivity index (χ0n) is 9.54. The third-order valence-corrected chi connectivity index (χ3v) is 2.57. The van der Waals surface area contributed by atoms with Crippen LogP contribution in [0.25, 0.3) is 0 Å². The van der Waals surface area contributed by atoms with E-state index in [2.05, 4.69) is 5.32 Å². The van der Waals surface area contributed by atoms with E-state index in [1.807, 2.05) is 13.8 Å². The minimum Gasteiger partial charge on any atom is -0.343 e. The van der Waals surface area contributed by atoms with Crippen molar-refractivity contribution in [3.63, 3.8) is 0 Å². The predicted molar refractivity (Wildman–Crippen MR) is 57.0 cm³/mol. The van der Waals surface area contributed by atoms with E-state index in [0.29, 0.717) is 13.1 Å². The standard InChI is InChI=1S/C10H19N3O2/c1-7-9(15)13(4-8(14)12-7)6-10(2,3)5-11/h7H,4-6,11H2,1-3H3,(H,12,14). The van der Waals surface area contributed by atoms with E-state index in [-0.39, 0.29) is 23.8 Å². The second kappa shape index (κ2) is 4.18. The molecule has 5 nitrogen and oxygen atoms in total. The molecule has 1 aliphatic rings. The lowest BCUT2D eigenvalue weighted by molar-refractivity contribution is -0.145. The molecule has 2 amide bonds. The van der Waals surface area contributed by atoms with E-state index in [4.69, 9.17) is 5.73 Å². The number of hydrogen-bond donors (Lipinski definition) is 2. The monoisotopic (exact) mass is 213 g/mol. The van der Waals surface area contributed by atoms with E-state index >= 15 is 0 Å².